The van der Waals surface area contributed by atoms with Gasteiger partial charge in [-0.3, -0.25) is 14.5 Å². The van der Waals surface area contributed by atoms with Gasteiger partial charge in [-0.25, -0.2) is 5.10 Å². The van der Waals surface area contributed by atoms with E-state index in [4.69, 9.17) is 0 Å². The zero-order valence-electron chi connectivity index (χ0n) is 15.0. The lowest BCUT2D eigenvalue weighted by atomic mass is 9.74. The number of carbonyl (C=O) groups is 1. The second-order valence-corrected chi connectivity index (χ2v) is 8.02. The molecule has 0 unspecified atom stereocenters. The highest BCUT2D eigenvalue weighted by Gasteiger charge is 2.45. The van der Waals surface area contributed by atoms with Crippen molar-refractivity contribution in [3.63, 3.8) is 0 Å². The molecule has 2 bridgehead atoms. The lowest BCUT2D eigenvalue weighted by Gasteiger charge is -2.55. The Kier molecular flexibility index (Phi) is 4.63. The summed E-state index contributed by atoms with van der Waals surface area (Å²) in [6, 6.07) is 4.30. The van der Waals surface area contributed by atoms with Gasteiger partial charge in [-0.2, -0.15) is 5.10 Å². The summed E-state index contributed by atoms with van der Waals surface area (Å²) >= 11 is 0. The molecule has 6 nitrogen and oxygen atoms in total. The third-order valence-electron chi connectivity index (χ3n) is 6.32. The summed E-state index contributed by atoms with van der Waals surface area (Å²) in [5, 5.41) is 6.30. The van der Waals surface area contributed by atoms with Crippen LogP contribution in [0.2, 0.25) is 0 Å². The predicted molar refractivity (Wildman–Crippen MR) is 95.4 cm³/mol. The van der Waals surface area contributed by atoms with Crippen molar-refractivity contribution in [2.75, 3.05) is 19.6 Å². The summed E-state index contributed by atoms with van der Waals surface area (Å²) in [5.41, 5.74) is 0.0795. The molecule has 0 saturated carbocycles. The minimum absolute atomic E-state index is 0.0414. The van der Waals surface area contributed by atoms with Crippen LogP contribution < -0.4 is 5.56 Å². The number of nitrogens with one attached hydrogen (secondary N) is 1. The molecule has 0 spiro atoms. The molecule has 6 heteroatoms. The Morgan fingerprint density at radius 3 is 2.92 bits per heavy atom. The first kappa shape index (κ1) is 16.8. The fraction of sp³-hybridized carbons (Fsp3) is 0.737. The van der Waals surface area contributed by atoms with Crippen LogP contribution in [0.25, 0.3) is 0 Å². The number of piperidine rings is 3. The standard InChI is InChI=1S/C19H28N4O2/c1-2-4-15-5-3-6-17-14-9-13(11-23(15)17)10-22(12-14)19(25)16-7-8-18(24)21-20-16/h7-8,13-15,17H,2-6,9-12H2,1H3,(H,21,24)/t13-,14+,15-,17-/m0/s1. The van der Waals surface area contributed by atoms with E-state index in [-0.39, 0.29) is 11.5 Å². The third kappa shape index (κ3) is 3.24. The smallest absolute Gasteiger partial charge is 0.274 e. The average molecular weight is 344 g/mol. The van der Waals surface area contributed by atoms with Gasteiger partial charge >= 0.3 is 0 Å². The topological polar surface area (TPSA) is 69.3 Å². The first-order valence-corrected chi connectivity index (χ1v) is 9.76. The molecule has 3 aliphatic rings. The zero-order chi connectivity index (χ0) is 17.4. The van der Waals surface area contributed by atoms with Crippen molar-refractivity contribution in [1.82, 2.24) is 20.0 Å². The molecular weight excluding hydrogens is 316 g/mol. The minimum atomic E-state index is -0.271. The van der Waals surface area contributed by atoms with Gasteiger partial charge in [0.1, 0.15) is 5.69 Å². The average Bonchev–Trinajstić information content (AvgIpc) is 2.62. The van der Waals surface area contributed by atoms with Crippen LogP contribution in [0.15, 0.2) is 16.9 Å². The Morgan fingerprint density at radius 2 is 2.16 bits per heavy atom. The molecule has 1 aromatic rings. The van der Waals surface area contributed by atoms with E-state index in [1.165, 1.54) is 50.7 Å². The molecule has 4 rings (SSSR count). The number of likely N-dealkylation sites (tertiary alicyclic amines) is 1. The van der Waals surface area contributed by atoms with Crippen molar-refractivity contribution in [2.45, 2.75) is 57.5 Å². The molecular formula is C19H28N4O2. The summed E-state index contributed by atoms with van der Waals surface area (Å²) < 4.78 is 0. The number of fused-ring (bicyclic) bond motifs is 4. The predicted octanol–water partition coefficient (Wildman–Crippen LogP) is 1.88. The molecule has 3 aliphatic heterocycles. The number of nitrogens with zero attached hydrogens (tertiary/aromatic N) is 3. The maximum absolute atomic E-state index is 12.8. The van der Waals surface area contributed by atoms with Crippen molar-refractivity contribution in [3.8, 4) is 0 Å². The van der Waals surface area contributed by atoms with Crippen LogP contribution >= 0.6 is 0 Å². The van der Waals surface area contributed by atoms with Gasteiger partial charge in [-0.15, -0.1) is 0 Å². The van der Waals surface area contributed by atoms with E-state index >= 15 is 0 Å². The second-order valence-electron chi connectivity index (χ2n) is 8.02. The van der Waals surface area contributed by atoms with E-state index < -0.39 is 0 Å². The van der Waals surface area contributed by atoms with Gasteiger partial charge in [0.05, 0.1) is 0 Å². The highest BCUT2D eigenvalue weighted by atomic mass is 16.2. The van der Waals surface area contributed by atoms with Crippen molar-refractivity contribution < 1.29 is 4.79 Å². The molecule has 136 valence electrons. The van der Waals surface area contributed by atoms with E-state index in [2.05, 4.69) is 22.0 Å². The van der Waals surface area contributed by atoms with Crippen LogP contribution in [0.3, 0.4) is 0 Å². The molecule has 0 radical (unpaired) electrons. The summed E-state index contributed by atoms with van der Waals surface area (Å²) in [5.74, 6) is 1.11. The maximum Gasteiger partial charge on any atom is 0.274 e. The van der Waals surface area contributed by atoms with Gasteiger partial charge in [0, 0.05) is 37.8 Å². The number of rotatable bonds is 3. The fourth-order valence-corrected chi connectivity index (χ4v) is 5.35. The van der Waals surface area contributed by atoms with Gasteiger partial charge in [0.25, 0.3) is 11.5 Å². The summed E-state index contributed by atoms with van der Waals surface area (Å²) in [4.78, 5) is 28.7. The number of aromatic amines is 1. The zero-order valence-corrected chi connectivity index (χ0v) is 15.0. The number of carbonyl (C=O) groups excluding carboxylic acids is 1. The van der Waals surface area contributed by atoms with Crippen molar-refractivity contribution in [2.24, 2.45) is 11.8 Å². The molecule has 25 heavy (non-hydrogen) atoms. The number of hydrogen-bond acceptors (Lipinski definition) is 4. The SMILES string of the molecule is CCC[C@H]1CCC[C@H]2[C@@H]3C[C@@H](CN(C(=O)c4ccc(=O)[nH]n4)C3)CN12. The Hall–Kier alpha value is -1.69. The molecule has 0 aliphatic carbocycles. The monoisotopic (exact) mass is 344 g/mol. The Balaban J connectivity index is 1.49. The van der Waals surface area contributed by atoms with E-state index in [0.717, 1.165) is 25.7 Å². The molecule has 1 aromatic heterocycles. The van der Waals surface area contributed by atoms with Crippen LogP contribution in [0.1, 0.15) is 55.9 Å². The van der Waals surface area contributed by atoms with Crippen molar-refractivity contribution >= 4 is 5.91 Å². The lowest BCUT2D eigenvalue weighted by molar-refractivity contribution is -0.0520. The summed E-state index contributed by atoms with van der Waals surface area (Å²) in [7, 11) is 0. The Morgan fingerprint density at radius 1 is 1.28 bits per heavy atom. The van der Waals surface area contributed by atoms with E-state index in [0.29, 0.717) is 23.6 Å². The lowest BCUT2D eigenvalue weighted by Crippen LogP contribution is -2.62. The number of H-pyrrole nitrogens is 1. The number of hydrogen-bond donors (Lipinski definition) is 1. The summed E-state index contributed by atoms with van der Waals surface area (Å²) in [6.07, 6.45) is 7.75. The van der Waals surface area contributed by atoms with Crippen molar-refractivity contribution in [1.29, 1.82) is 0 Å². The highest BCUT2D eigenvalue weighted by Crippen LogP contribution is 2.40. The first-order chi connectivity index (χ1) is 12.2. The molecule has 3 saturated heterocycles. The minimum Gasteiger partial charge on any atom is -0.337 e. The number of aromatic nitrogens is 2. The molecule has 3 fully saturated rings. The normalized spacial score (nSPS) is 32.3. The van der Waals surface area contributed by atoms with E-state index in [1.54, 1.807) is 0 Å². The van der Waals surface area contributed by atoms with Gasteiger partial charge in [-0.05, 0) is 43.6 Å². The molecule has 0 aromatic carbocycles. The van der Waals surface area contributed by atoms with E-state index in [9.17, 15) is 9.59 Å². The third-order valence-corrected chi connectivity index (χ3v) is 6.32. The van der Waals surface area contributed by atoms with E-state index in [1.807, 2.05) is 4.90 Å². The van der Waals surface area contributed by atoms with Gasteiger partial charge in [-0.1, -0.05) is 19.8 Å². The Labute approximate surface area is 148 Å². The van der Waals surface area contributed by atoms with Crippen LogP contribution in [-0.2, 0) is 0 Å². The molecule has 1 N–H and O–H groups in total. The first-order valence-electron chi connectivity index (χ1n) is 9.76. The van der Waals surface area contributed by atoms with Gasteiger partial charge < -0.3 is 4.90 Å². The highest BCUT2D eigenvalue weighted by molar-refractivity contribution is 5.92. The van der Waals surface area contributed by atoms with Crippen LogP contribution in [0, 0.1) is 11.8 Å². The Bertz CT molecular complexity index is 666. The van der Waals surface area contributed by atoms with Crippen molar-refractivity contribution in [3.05, 3.63) is 28.2 Å². The molecule has 4 atom stereocenters. The number of amides is 1. The van der Waals surface area contributed by atoms with Crippen LogP contribution in [0.5, 0.6) is 0 Å². The largest absolute Gasteiger partial charge is 0.337 e. The van der Waals surface area contributed by atoms with Crippen LogP contribution in [-0.4, -0.2) is 57.6 Å². The summed E-state index contributed by atoms with van der Waals surface area (Å²) in [6.45, 7) is 5.06. The quantitative estimate of drug-likeness (QED) is 0.909. The van der Waals surface area contributed by atoms with Gasteiger partial charge in [0.15, 0.2) is 0 Å². The fourth-order valence-electron chi connectivity index (χ4n) is 5.35. The van der Waals surface area contributed by atoms with Gasteiger partial charge in [0.2, 0.25) is 0 Å². The molecule has 1 amide bonds. The maximum atomic E-state index is 12.8. The van der Waals surface area contributed by atoms with Crippen LogP contribution in [0.4, 0.5) is 0 Å². The second kappa shape index (κ2) is 6.90. The molecule has 4 heterocycles.